The first-order chi connectivity index (χ1) is 9.08. The van der Waals surface area contributed by atoms with Gasteiger partial charge >= 0.3 is 0 Å². The van der Waals surface area contributed by atoms with Crippen molar-refractivity contribution in [2.24, 2.45) is 5.92 Å². The monoisotopic (exact) mass is 299 g/mol. The summed E-state index contributed by atoms with van der Waals surface area (Å²) in [6, 6.07) is 6.75. The smallest absolute Gasteiger partial charge is 0.0834 e. The van der Waals surface area contributed by atoms with Crippen LogP contribution in [0, 0.1) is 5.92 Å². The Morgan fingerprint density at radius 3 is 2.47 bits per heavy atom. The largest absolute Gasteiger partial charge is 0.388 e. The Kier molecular flexibility index (Phi) is 3.78. The molecule has 2 heterocycles. The van der Waals surface area contributed by atoms with Crippen molar-refractivity contribution in [2.45, 2.75) is 43.9 Å². The molecule has 2 aliphatic rings. The van der Waals surface area contributed by atoms with E-state index in [1.807, 2.05) is 12.1 Å². The number of rotatable bonds is 2. The topological polar surface area (TPSA) is 23.5 Å². The Labute approximate surface area is 124 Å². The maximum absolute atomic E-state index is 10.6. The highest BCUT2D eigenvalue weighted by Gasteiger charge is 2.41. The highest BCUT2D eigenvalue weighted by atomic mass is 35.5. The van der Waals surface area contributed by atoms with E-state index in [1.165, 1.54) is 12.8 Å². The number of aliphatic hydroxyl groups excluding tert-OH is 1. The fourth-order valence-electron chi connectivity index (χ4n) is 3.71. The summed E-state index contributed by atoms with van der Waals surface area (Å²) >= 11 is 12.3. The van der Waals surface area contributed by atoms with Crippen LogP contribution in [0.15, 0.2) is 18.2 Å². The Morgan fingerprint density at radius 2 is 1.84 bits per heavy atom. The number of halogens is 2. The van der Waals surface area contributed by atoms with Crippen LogP contribution >= 0.6 is 23.2 Å². The third-order valence-electron chi connectivity index (χ3n) is 4.88. The van der Waals surface area contributed by atoms with E-state index in [0.29, 0.717) is 28.0 Å². The van der Waals surface area contributed by atoms with E-state index >= 15 is 0 Å². The number of hydrogen-bond donors (Lipinski definition) is 1. The maximum atomic E-state index is 10.6. The van der Waals surface area contributed by atoms with Crippen LogP contribution < -0.4 is 0 Å². The summed E-state index contributed by atoms with van der Waals surface area (Å²) in [6.07, 6.45) is 4.12. The zero-order valence-electron chi connectivity index (χ0n) is 11.0. The quantitative estimate of drug-likeness (QED) is 0.895. The van der Waals surface area contributed by atoms with Gasteiger partial charge in [-0.05, 0) is 44.7 Å². The van der Waals surface area contributed by atoms with Gasteiger partial charge in [-0.25, -0.2) is 0 Å². The number of piperidine rings is 1. The van der Waals surface area contributed by atoms with E-state index in [1.54, 1.807) is 6.07 Å². The third kappa shape index (κ3) is 2.40. The lowest BCUT2D eigenvalue weighted by Crippen LogP contribution is -2.41. The fourth-order valence-corrected chi connectivity index (χ4v) is 4.13. The van der Waals surface area contributed by atoms with Crippen molar-refractivity contribution >= 4 is 23.2 Å². The minimum absolute atomic E-state index is 0.296. The molecule has 2 saturated heterocycles. The van der Waals surface area contributed by atoms with Gasteiger partial charge < -0.3 is 10.0 Å². The second-order valence-corrected chi connectivity index (χ2v) is 6.65. The number of nitrogens with zero attached hydrogens (tertiary/aromatic N) is 1. The molecular weight excluding hydrogens is 281 g/mol. The van der Waals surface area contributed by atoms with E-state index in [-0.39, 0.29) is 0 Å². The van der Waals surface area contributed by atoms with Crippen LogP contribution in [0.2, 0.25) is 10.0 Å². The van der Waals surface area contributed by atoms with Gasteiger partial charge in [0, 0.05) is 17.6 Å². The predicted molar refractivity (Wildman–Crippen MR) is 78.7 cm³/mol. The molecule has 2 bridgehead atoms. The average molecular weight is 300 g/mol. The van der Waals surface area contributed by atoms with Gasteiger partial charge in [0.25, 0.3) is 0 Å². The van der Waals surface area contributed by atoms with Crippen LogP contribution in [0.5, 0.6) is 0 Å². The lowest BCUT2D eigenvalue weighted by atomic mass is 9.84. The first-order valence-corrected chi connectivity index (χ1v) is 7.67. The van der Waals surface area contributed by atoms with Crippen LogP contribution in [-0.2, 0) is 0 Å². The van der Waals surface area contributed by atoms with E-state index in [4.69, 9.17) is 23.2 Å². The molecule has 0 amide bonds. The Hall–Kier alpha value is -0.280. The SMILES string of the molecule is CN1C2CCC1CC(C(O)c1cccc(Cl)c1Cl)C2. The van der Waals surface area contributed by atoms with Crippen LogP contribution in [0.4, 0.5) is 0 Å². The summed E-state index contributed by atoms with van der Waals surface area (Å²) < 4.78 is 0. The second-order valence-electron chi connectivity index (χ2n) is 5.87. The molecule has 3 rings (SSSR count). The van der Waals surface area contributed by atoms with Gasteiger partial charge in [0.15, 0.2) is 0 Å². The van der Waals surface area contributed by atoms with Gasteiger partial charge in [0.1, 0.15) is 0 Å². The van der Waals surface area contributed by atoms with Crippen molar-refractivity contribution in [3.05, 3.63) is 33.8 Å². The Balaban J connectivity index is 1.81. The van der Waals surface area contributed by atoms with Gasteiger partial charge in [-0.15, -0.1) is 0 Å². The normalized spacial score (nSPS) is 32.5. The molecule has 0 spiro atoms. The molecule has 3 unspecified atom stereocenters. The average Bonchev–Trinajstić information content (AvgIpc) is 2.64. The number of benzene rings is 1. The molecule has 0 aliphatic carbocycles. The zero-order chi connectivity index (χ0) is 13.6. The minimum atomic E-state index is -0.497. The van der Waals surface area contributed by atoms with Crippen molar-refractivity contribution in [1.82, 2.24) is 4.90 Å². The summed E-state index contributed by atoms with van der Waals surface area (Å²) in [5.41, 5.74) is 0.781. The van der Waals surface area contributed by atoms with Crippen molar-refractivity contribution in [2.75, 3.05) is 7.05 Å². The standard InChI is InChI=1S/C15H19Cl2NO/c1-18-10-5-6-11(18)8-9(7-10)15(19)12-3-2-4-13(16)14(12)17/h2-4,9-11,15,19H,5-8H2,1H3. The molecule has 1 N–H and O–H groups in total. The van der Waals surface area contributed by atoms with Crippen LogP contribution in [0.25, 0.3) is 0 Å². The highest BCUT2D eigenvalue weighted by molar-refractivity contribution is 6.42. The summed E-state index contributed by atoms with van der Waals surface area (Å²) in [5, 5.41) is 11.7. The molecule has 19 heavy (non-hydrogen) atoms. The Morgan fingerprint density at radius 1 is 1.21 bits per heavy atom. The lowest BCUT2D eigenvalue weighted by molar-refractivity contribution is 0.0357. The third-order valence-corrected chi connectivity index (χ3v) is 5.71. The van der Waals surface area contributed by atoms with Gasteiger partial charge in [-0.1, -0.05) is 35.3 Å². The molecule has 0 saturated carbocycles. The second kappa shape index (κ2) is 5.25. The minimum Gasteiger partial charge on any atom is -0.388 e. The number of aliphatic hydroxyl groups is 1. The van der Waals surface area contributed by atoms with Crippen molar-refractivity contribution in [1.29, 1.82) is 0 Å². The van der Waals surface area contributed by atoms with E-state index < -0.39 is 6.10 Å². The summed E-state index contributed by atoms with van der Waals surface area (Å²) in [7, 11) is 2.21. The van der Waals surface area contributed by atoms with Gasteiger partial charge in [-0.2, -0.15) is 0 Å². The van der Waals surface area contributed by atoms with Gasteiger partial charge in [-0.3, -0.25) is 0 Å². The number of fused-ring (bicyclic) bond motifs is 2. The Bertz CT molecular complexity index is 465. The van der Waals surface area contributed by atoms with Crippen LogP contribution in [0.3, 0.4) is 0 Å². The predicted octanol–water partition coefficient (Wildman–Crippen LogP) is 3.90. The lowest BCUT2D eigenvalue weighted by Gasteiger charge is -2.38. The summed E-state index contributed by atoms with van der Waals surface area (Å²) in [4.78, 5) is 2.47. The van der Waals surface area contributed by atoms with Crippen molar-refractivity contribution < 1.29 is 5.11 Å². The highest BCUT2D eigenvalue weighted by Crippen LogP contribution is 2.44. The summed E-state index contributed by atoms with van der Waals surface area (Å²) in [6.45, 7) is 0. The van der Waals surface area contributed by atoms with Crippen molar-refractivity contribution in [3.63, 3.8) is 0 Å². The molecule has 2 aliphatic heterocycles. The first kappa shape index (κ1) is 13.7. The van der Waals surface area contributed by atoms with E-state index in [0.717, 1.165) is 18.4 Å². The van der Waals surface area contributed by atoms with Crippen LogP contribution in [0.1, 0.15) is 37.4 Å². The molecule has 0 radical (unpaired) electrons. The maximum Gasteiger partial charge on any atom is 0.0834 e. The molecule has 104 valence electrons. The first-order valence-electron chi connectivity index (χ1n) is 6.92. The zero-order valence-corrected chi connectivity index (χ0v) is 12.5. The number of hydrogen-bond acceptors (Lipinski definition) is 2. The molecule has 2 fully saturated rings. The molecule has 1 aromatic carbocycles. The molecule has 0 aromatic heterocycles. The van der Waals surface area contributed by atoms with Gasteiger partial charge in [0.05, 0.1) is 16.1 Å². The molecular formula is C15H19Cl2NO. The molecule has 1 aromatic rings. The van der Waals surface area contributed by atoms with E-state index in [9.17, 15) is 5.11 Å². The summed E-state index contributed by atoms with van der Waals surface area (Å²) in [5.74, 6) is 0.296. The molecule has 4 heteroatoms. The fraction of sp³-hybridized carbons (Fsp3) is 0.600. The molecule has 3 atom stereocenters. The van der Waals surface area contributed by atoms with Crippen LogP contribution in [-0.4, -0.2) is 29.1 Å². The van der Waals surface area contributed by atoms with Crippen molar-refractivity contribution in [3.8, 4) is 0 Å². The van der Waals surface area contributed by atoms with E-state index in [2.05, 4.69) is 11.9 Å². The molecule has 2 nitrogen and oxygen atoms in total. The van der Waals surface area contributed by atoms with Gasteiger partial charge in [0.2, 0.25) is 0 Å².